The van der Waals surface area contributed by atoms with Gasteiger partial charge in [-0.3, -0.25) is 4.79 Å². The molecule has 5 heteroatoms. The number of hydrogen-bond acceptors (Lipinski definition) is 4. The van der Waals surface area contributed by atoms with Crippen molar-refractivity contribution in [3.05, 3.63) is 35.9 Å². The van der Waals surface area contributed by atoms with Gasteiger partial charge in [0, 0.05) is 50.1 Å². The molecule has 0 aliphatic carbocycles. The quantitative estimate of drug-likeness (QED) is 0.789. The number of carbonyl (C=O) groups is 1. The Hall–Kier alpha value is -1.04. The Bertz CT molecular complexity index is 505. The first-order valence-corrected chi connectivity index (χ1v) is 10.3. The number of likely N-dealkylation sites (tertiary alicyclic amines) is 1. The molecule has 2 aliphatic heterocycles. The molecule has 2 atom stereocenters. The van der Waals surface area contributed by atoms with Gasteiger partial charge in [0.1, 0.15) is 0 Å². The summed E-state index contributed by atoms with van der Waals surface area (Å²) in [6.45, 7) is 5.26. The molecule has 0 saturated carbocycles. The van der Waals surface area contributed by atoms with Crippen LogP contribution in [0.15, 0.2) is 30.3 Å². The number of thioether (sulfide) groups is 1. The van der Waals surface area contributed by atoms with Crippen LogP contribution in [0.25, 0.3) is 0 Å². The summed E-state index contributed by atoms with van der Waals surface area (Å²) < 4.78 is 0. The van der Waals surface area contributed by atoms with Crippen LogP contribution in [0.4, 0.5) is 0 Å². The predicted octanol–water partition coefficient (Wildman–Crippen LogP) is 1.76. The summed E-state index contributed by atoms with van der Waals surface area (Å²) >= 11 is 1.94. The van der Waals surface area contributed by atoms with Gasteiger partial charge in [-0.25, -0.2) is 0 Å². The van der Waals surface area contributed by atoms with Crippen LogP contribution in [0.1, 0.15) is 18.4 Å². The molecule has 132 valence electrons. The summed E-state index contributed by atoms with van der Waals surface area (Å²) in [4.78, 5) is 14.6. The summed E-state index contributed by atoms with van der Waals surface area (Å²) in [5.74, 6) is 3.04. The van der Waals surface area contributed by atoms with Crippen molar-refractivity contribution in [3.8, 4) is 0 Å². The molecule has 0 radical (unpaired) electrons. The zero-order chi connectivity index (χ0) is 16.6. The van der Waals surface area contributed by atoms with E-state index < -0.39 is 0 Å². The highest BCUT2D eigenvalue weighted by Crippen LogP contribution is 2.16. The Morgan fingerprint density at radius 1 is 1.33 bits per heavy atom. The van der Waals surface area contributed by atoms with E-state index in [0.29, 0.717) is 18.4 Å². The second-order valence-corrected chi connectivity index (χ2v) is 8.07. The zero-order valence-electron chi connectivity index (χ0n) is 14.4. The van der Waals surface area contributed by atoms with E-state index in [-0.39, 0.29) is 5.91 Å². The van der Waals surface area contributed by atoms with Gasteiger partial charge in [-0.2, -0.15) is 11.8 Å². The summed E-state index contributed by atoms with van der Waals surface area (Å²) in [7, 11) is 0. The molecule has 2 N–H and O–H groups in total. The molecule has 24 heavy (non-hydrogen) atoms. The van der Waals surface area contributed by atoms with Crippen LogP contribution < -0.4 is 10.6 Å². The molecule has 1 amide bonds. The summed E-state index contributed by atoms with van der Waals surface area (Å²) in [6, 6.07) is 11.0. The lowest BCUT2D eigenvalue weighted by molar-refractivity contribution is -0.121. The van der Waals surface area contributed by atoms with Crippen molar-refractivity contribution in [1.29, 1.82) is 0 Å². The van der Waals surface area contributed by atoms with E-state index in [1.54, 1.807) is 0 Å². The molecule has 2 aliphatic rings. The lowest BCUT2D eigenvalue weighted by Gasteiger charge is -2.23. The maximum atomic E-state index is 12.1. The highest BCUT2D eigenvalue weighted by molar-refractivity contribution is 7.99. The van der Waals surface area contributed by atoms with E-state index in [1.807, 2.05) is 11.8 Å². The summed E-state index contributed by atoms with van der Waals surface area (Å²) in [6.07, 6.45) is 2.94. The minimum atomic E-state index is 0.206. The molecule has 0 aromatic heterocycles. The topological polar surface area (TPSA) is 44.4 Å². The van der Waals surface area contributed by atoms with Crippen LogP contribution in [-0.2, 0) is 11.2 Å². The maximum Gasteiger partial charge on any atom is 0.221 e. The predicted molar refractivity (Wildman–Crippen MR) is 101 cm³/mol. The Balaban J connectivity index is 1.30. The van der Waals surface area contributed by atoms with E-state index in [2.05, 4.69) is 45.9 Å². The number of hydrogen-bond donors (Lipinski definition) is 2. The molecule has 1 aromatic rings. The maximum absolute atomic E-state index is 12.1. The van der Waals surface area contributed by atoms with Crippen molar-refractivity contribution in [1.82, 2.24) is 15.5 Å². The van der Waals surface area contributed by atoms with Crippen molar-refractivity contribution < 1.29 is 4.79 Å². The first-order valence-electron chi connectivity index (χ1n) is 9.13. The van der Waals surface area contributed by atoms with Crippen LogP contribution in [-0.4, -0.2) is 61.1 Å². The van der Waals surface area contributed by atoms with Gasteiger partial charge in [0.05, 0.1) is 0 Å². The Morgan fingerprint density at radius 2 is 2.21 bits per heavy atom. The lowest BCUT2D eigenvalue weighted by Crippen LogP contribution is -2.42. The average Bonchev–Trinajstić information content (AvgIpc) is 3.08. The van der Waals surface area contributed by atoms with Crippen LogP contribution in [0.2, 0.25) is 0 Å². The van der Waals surface area contributed by atoms with Gasteiger partial charge in [-0.1, -0.05) is 30.3 Å². The van der Waals surface area contributed by atoms with Gasteiger partial charge in [0.25, 0.3) is 0 Å². The fourth-order valence-corrected chi connectivity index (χ4v) is 4.47. The fourth-order valence-electron chi connectivity index (χ4n) is 3.52. The van der Waals surface area contributed by atoms with Crippen molar-refractivity contribution in [2.75, 3.05) is 44.2 Å². The van der Waals surface area contributed by atoms with Crippen molar-refractivity contribution in [2.45, 2.75) is 25.3 Å². The van der Waals surface area contributed by atoms with Crippen molar-refractivity contribution in [3.63, 3.8) is 0 Å². The van der Waals surface area contributed by atoms with Gasteiger partial charge in [0.2, 0.25) is 5.91 Å². The summed E-state index contributed by atoms with van der Waals surface area (Å²) in [5, 5.41) is 6.58. The second-order valence-electron chi connectivity index (χ2n) is 6.93. The van der Waals surface area contributed by atoms with E-state index in [0.717, 1.165) is 44.9 Å². The number of nitrogens with zero attached hydrogens (tertiary/aromatic N) is 1. The number of amides is 1. The molecule has 2 fully saturated rings. The molecular weight excluding hydrogens is 318 g/mol. The minimum absolute atomic E-state index is 0.206. The summed E-state index contributed by atoms with van der Waals surface area (Å²) in [5.41, 5.74) is 1.41. The first kappa shape index (κ1) is 17.8. The van der Waals surface area contributed by atoms with Gasteiger partial charge >= 0.3 is 0 Å². The van der Waals surface area contributed by atoms with Crippen molar-refractivity contribution >= 4 is 17.7 Å². The number of benzene rings is 1. The highest BCUT2D eigenvalue weighted by Gasteiger charge is 2.23. The van der Waals surface area contributed by atoms with E-state index in [1.165, 1.54) is 17.7 Å². The molecule has 0 bridgehead atoms. The molecular formula is C19H29N3OS. The smallest absolute Gasteiger partial charge is 0.221 e. The van der Waals surface area contributed by atoms with Gasteiger partial charge < -0.3 is 15.5 Å². The monoisotopic (exact) mass is 347 g/mol. The van der Waals surface area contributed by atoms with Gasteiger partial charge in [0.15, 0.2) is 0 Å². The first-order chi connectivity index (χ1) is 11.8. The number of rotatable bonds is 7. The van der Waals surface area contributed by atoms with E-state index >= 15 is 0 Å². The number of nitrogens with one attached hydrogen (secondary N) is 2. The normalized spacial score (nSPS) is 24.8. The Kier molecular flexibility index (Phi) is 6.99. The standard InChI is InChI=1S/C19H29N3OS/c23-19(12-18-15-24-11-8-20-18)21-13-17-7-10-22(14-17)9-6-16-4-2-1-3-5-16/h1-5,17-18,20H,6-15H2,(H,21,23). The average molecular weight is 348 g/mol. The fraction of sp³-hybridized carbons (Fsp3) is 0.632. The molecule has 4 nitrogen and oxygen atoms in total. The van der Waals surface area contributed by atoms with Crippen molar-refractivity contribution in [2.24, 2.45) is 5.92 Å². The number of carbonyl (C=O) groups excluding carboxylic acids is 1. The van der Waals surface area contributed by atoms with Crippen LogP contribution in [0.3, 0.4) is 0 Å². The molecule has 1 aromatic carbocycles. The van der Waals surface area contributed by atoms with Gasteiger partial charge in [-0.15, -0.1) is 0 Å². The third-order valence-electron chi connectivity index (χ3n) is 4.95. The second kappa shape index (κ2) is 9.44. The SMILES string of the molecule is O=C(CC1CSCCN1)NCC1CCN(CCc2ccccc2)C1. The van der Waals surface area contributed by atoms with Crippen LogP contribution in [0, 0.1) is 5.92 Å². The van der Waals surface area contributed by atoms with Crippen LogP contribution in [0.5, 0.6) is 0 Å². The van der Waals surface area contributed by atoms with E-state index in [9.17, 15) is 4.79 Å². The highest BCUT2D eigenvalue weighted by atomic mass is 32.2. The van der Waals surface area contributed by atoms with E-state index in [4.69, 9.17) is 0 Å². The minimum Gasteiger partial charge on any atom is -0.356 e. The third kappa shape index (κ3) is 5.80. The third-order valence-corrected chi connectivity index (χ3v) is 6.08. The Morgan fingerprint density at radius 3 is 3.00 bits per heavy atom. The Labute approximate surface area is 149 Å². The molecule has 0 spiro atoms. The lowest BCUT2D eigenvalue weighted by atomic mass is 10.1. The zero-order valence-corrected chi connectivity index (χ0v) is 15.2. The molecule has 3 rings (SSSR count). The van der Waals surface area contributed by atoms with Crippen LogP contribution >= 0.6 is 11.8 Å². The van der Waals surface area contributed by atoms with Gasteiger partial charge in [-0.05, 0) is 30.9 Å². The molecule has 2 saturated heterocycles. The molecule has 2 unspecified atom stereocenters. The largest absolute Gasteiger partial charge is 0.356 e. The molecule has 2 heterocycles.